The van der Waals surface area contributed by atoms with Crippen molar-refractivity contribution in [1.29, 1.82) is 0 Å². The van der Waals surface area contributed by atoms with Gasteiger partial charge in [0.15, 0.2) is 0 Å². The monoisotopic (exact) mass is 642 g/mol. The molecule has 0 spiro atoms. The van der Waals surface area contributed by atoms with Gasteiger partial charge < -0.3 is 0 Å². The standard InChI is InChI=1S/C43H38N4O2/c1-4-48-49-30-37-29-42(36-22-12-7-13-23-36)47(43(37)39-26-16-24-33-17-14-15-25-38(33)39)45-32(3)31(2)44-46-40(34-18-8-5-9-19-34)27-28-41(46)35-20-10-6-11-21-35/h5-29H,4,30H2,1-3H3/b44-31+,45-32+. The van der Waals surface area contributed by atoms with Gasteiger partial charge in [-0.2, -0.15) is 10.2 Å². The number of hydrogen-bond acceptors (Lipinski definition) is 4. The number of rotatable bonds is 11. The topological polar surface area (TPSA) is 53.0 Å². The summed E-state index contributed by atoms with van der Waals surface area (Å²) in [6.45, 7) is 6.68. The Kier molecular flexibility index (Phi) is 9.41. The van der Waals surface area contributed by atoms with Crippen molar-refractivity contribution in [2.24, 2.45) is 10.2 Å². The van der Waals surface area contributed by atoms with Crippen LogP contribution in [-0.4, -0.2) is 27.4 Å². The van der Waals surface area contributed by atoms with Crippen LogP contribution in [0.4, 0.5) is 0 Å². The molecule has 0 unspecified atom stereocenters. The summed E-state index contributed by atoms with van der Waals surface area (Å²) in [6.07, 6.45) is 0. The van der Waals surface area contributed by atoms with Gasteiger partial charge >= 0.3 is 0 Å². The average molecular weight is 643 g/mol. The number of hydrogen-bond donors (Lipinski definition) is 0. The van der Waals surface area contributed by atoms with E-state index in [0.717, 1.165) is 72.8 Å². The smallest absolute Gasteiger partial charge is 0.109 e. The van der Waals surface area contributed by atoms with Gasteiger partial charge in [-0.05, 0) is 49.7 Å². The summed E-state index contributed by atoms with van der Waals surface area (Å²) in [5, 5.41) is 12.9. The van der Waals surface area contributed by atoms with E-state index in [4.69, 9.17) is 20.0 Å². The molecule has 2 heterocycles. The second-order valence-corrected chi connectivity index (χ2v) is 11.8. The van der Waals surface area contributed by atoms with Gasteiger partial charge in [-0.15, -0.1) is 0 Å². The third-order valence-corrected chi connectivity index (χ3v) is 8.60. The first-order valence-corrected chi connectivity index (χ1v) is 16.6. The highest BCUT2D eigenvalue weighted by Crippen LogP contribution is 2.37. The maximum Gasteiger partial charge on any atom is 0.109 e. The number of fused-ring (bicyclic) bond motifs is 1. The molecule has 0 amide bonds. The van der Waals surface area contributed by atoms with Gasteiger partial charge in [-0.3, -0.25) is 0 Å². The molecule has 0 bridgehead atoms. The Hall–Kier alpha value is -5.82. The lowest BCUT2D eigenvalue weighted by Gasteiger charge is -2.15. The summed E-state index contributed by atoms with van der Waals surface area (Å²) in [7, 11) is 0. The molecule has 0 radical (unpaired) electrons. The number of aromatic nitrogens is 2. The van der Waals surface area contributed by atoms with Crippen LogP contribution in [0.25, 0.3) is 55.8 Å². The minimum absolute atomic E-state index is 0.269. The Morgan fingerprint density at radius 2 is 1.04 bits per heavy atom. The zero-order chi connectivity index (χ0) is 33.6. The first-order chi connectivity index (χ1) is 24.1. The summed E-state index contributed by atoms with van der Waals surface area (Å²) in [5.41, 5.74) is 10.7. The maximum atomic E-state index is 5.69. The molecule has 5 aromatic carbocycles. The van der Waals surface area contributed by atoms with Crippen molar-refractivity contribution in [3.8, 4) is 45.0 Å². The predicted molar refractivity (Wildman–Crippen MR) is 202 cm³/mol. The molecule has 242 valence electrons. The van der Waals surface area contributed by atoms with Crippen LogP contribution in [-0.2, 0) is 16.4 Å². The Bertz CT molecular complexity index is 2190. The van der Waals surface area contributed by atoms with Gasteiger partial charge in [0, 0.05) is 27.8 Å². The first kappa shape index (κ1) is 31.8. The highest BCUT2D eigenvalue weighted by atomic mass is 17.2. The molecule has 0 fully saturated rings. The van der Waals surface area contributed by atoms with Crippen molar-refractivity contribution < 1.29 is 9.78 Å². The average Bonchev–Trinajstić information content (AvgIpc) is 3.73. The Morgan fingerprint density at radius 3 is 1.63 bits per heavy atom. The van der Waals surface area contributed by atoms with Crippen LogP contribution in [0.2, 0.25) is 0 Å². The molecule has 0 N–H and O–H groups in total. The van der Waals surface area contributed by atoms with Crippen LogP contribution in [0.3, 0.4) is 0 Å². The van der Waals surface area contributed by atoms with Crippen molar-refractivity contribution >= 4 is 22.2 Å². The zero-order valence-electron chi connectivity index (χ0n) is 28.0. The molecule has 0 atom stereocenters. The van der Waals surface area contributed by atoms with E-state index in [1.54, 1.807) is 0 Å². The molecule has 0 saturated heterocycles. The molecule has 7 rings (SSSR count). The third-order valence-electron chi connectivity index (χ3n) is 8.60. The van der Waals surface area contributed by atoms with Gasteiger partial charge in [0.25, 0.3) is 0 Å². The summed E-state index contributed by atoms with van der Waals surface area (Å²) < 4.78 is 4.07. The van der Waals surface area contributed by atoms with Crippen molar-refractivity contribution in [2.75, 3.05) is 6.61 Å². The summed E-state index contributed by atoms with van der Waals surface area (Å²) in [6, 6.07) is 52.3. The minimum atomic E-state index is 0.269. The first-order valence-electron chi connectivity index (χ1n) is 16.6. The van der Waals surface area contributed by atoms with Gasteiger partial charge in [-0.25, -0.2) is 19.1 Å². The SMILES string of the molecule is CCOOCc1cc(-c2ccccc2)n(/N=C(C)/C(C)=N/n2c(-c3ccccc3)ccc2-c2ccccc2)c1-c1cccc2ccccc12. The lowest BCUT2D eigenvalue weighted by Crippen LogP contribution is -2.12. The normalized spacial score (nSPS) is 12.1. The van der Waals surface area contributed by atoms with Crippen LogP contribution >= 0.6 is 0 Å². The lowest BCUT2D eigenvalue weighted by molar-refractivity contribution is -0.300. The lowest BCUT2D eigenvalue weighted by atomic mass is 10.0. The fourth-order valence-corrected chi connectivity index (χ4v) is 6.12. The predicted octanol–water partition coefficient (Wildman–Crippen LogP) is 10.7. The van der Waals surface area contributed by atoms with Crippen LogP contribution in [0, 0.1) is 0 Å². The van der Waals surface area contributed by atoms with Gasteiger partial charge in [0.2, 0.25) is 0 Å². The highest BCUT2D eigenvalue weighted by Gasteiger charge is 2.21. The molecule has 49 heavy (non-hydrogen) atoms. The van der Waals surface area contributed by atoms with Crippen LogP contribution in [0.15, 0.2) is 162 Å². The van der Waals surface area contributed by atoms with E-state index in [0.29, 0.717) is 6.61 Å². The number of nitrogens with zero attached hydrogens (tertiary/aromatic N) is 4. The Labute approximate surface area is 287 Å². The quantitative estimate of drug-likeness (QED) is 0.0610. The molecule has 6 heteroatoms. The van der Waals surface area contributed by atoms with E-state index in [9.17, 15) is 0 Å². The molecule has 2 aromatic heterocycles. The van der Waals surface area contributed by atoms with E-state index in [1.807, 2.05) is 60.5 Å². The van der Waals surface area contributed by atoms with Crippen molar-refractivity contribution in [1.82, 2.24) is 9.35 Å². The molecule has 0 saturated carbocycles. The Morgan fingerprint density at radius 1 is 0.531 bits per heavy atom. The van der Waals surface area contributed by atoms with Crippen molar-refractivity contribution in [2.45, 2.75) is 27.4 Å². The summed E-state index contributed by atoms with van der Waals surface area (Å²) in [5.74, 6) is 0. The molecular weight excluding hydrogens is 604 g/mol. The highest BCUT2D eigenvalue weighted by molar-refractivity contribution is 6.40. The zero-order valence-corrected chi connectivity index (χ0v) is 28.0. The Balaban J connectivity index is 1.43. The second-order valence-electron chi connectivity index (χ2n) is 11.8. The second kappa shape index (κ2) is 14.5. The van der Waals surface area contributed by atoms with Crippen molar-refractivity contribution in [3.63, 3.8) is 0 Å². The van der Waals surface area contributed by atoms with E-state index < -0.39 is 0 Å². The molecule has 6 nitrogen and oxygen atoms in total. The van der Waals surface area contributed by atoms with E-state index in [1.165, 1.54) is 0 Å². The largest absolute Gasteiger partial charge is 0.237 e. The molecular formula is C43H38N4O2. The molecule has 7 aromatic rings. The van der Waals surface area contributed by atoms with Crippen LogP contribution in [0.1, 0.15) is 26.3 Å². The van der Waals surface area contributed by atoms with Gasteiger partial charge in [-0.1, -0.05) is 133 Å². The van der Waals surface area contributed by atoms with Crippen LogP contribution < -0.4 is 0 Å². The molecule has 0 aliphatic heterocycles. The van der Waals surface area contributed by atoms with E-state index in [-0.39, 0.29) is 6.61 Å². The molecule has 0 aliphatic rings. The van der Waals surface area contributed by atoms with Crippen molar-refractivity contribution in [3.05, 3.63) is 157 Å². The molecule has 0 aliphatic carbocycles. The van der Waals surface area contributed by atoms with Gasteiger partial charge in [0.05, 0.1) is 40.8 Å². The van der Waals surface area contributed by atoms with Crippen LogP contribution in [0.5, 0.6) is 0 Å². The minimum Gasteiger partial charge on any atom is -0.237 e. The number of benzene rings is 5. The van der Waals surface area contributed by atoms with E-state index >= 15 is 0 Å². The van der Waals surface area contributed by atoms with E-state index in [2.05, 4.69) is 121 Å². The third kappa shape index (κ3) is 6.65. The summed E-state index contributed by atoms with van der Waals surface area (Å²) >= 11 is 0. The maximum absolute atomic E-state index is 5.69. The fourth-order valence-electron chi connectivity index (χ4n) is 6.12. The fraction of sp³-hybridized carbons (Fsp3) is 0.116. The summed E-state index contributed by atoms with van der Waals surface area (Å²) in [4.78, 5) is 11.1. The van der Waals surface area contributed by atoms with Gasteiger partial charge in [0.1, 0.15) is 6.61 Å².